The molecule has 1 aromatic heterocycles. The van der Waals surface area contributed by atoms with Gasteiger partial charge in [-0.2, -0.15) is 0 Å². The Morgan fingerprint density at radius 3 is 2.80 bits per heavy atom. The molecule has 0 radical (unpaired) electrons. The van der Waals surface area contributed by atoms with Gasteiger partial charge in [-0.15, -0.1) is 0 Å². The van der Waals surface area contributed by atoms with Gasteiger partial charge in [0, 0.05) is 25.5 Å². The molecule has 1 saturated carbocycles. The van der Waals surface area contributed by atoms with Gasteiger partial charge < -0.3 is 9.88 Å². The number of anilines is 1. The first-order chi connectivity index (χ1) is 7.33. The van der Waals surface area contributed by atoms with E-state index in [1.807, 2.05) is 13.2 Å². The highest BCUT2D eigenvalue weighted by Gasteiger charge is 2.22. The molecule has 3 heteroatoms. The molecule has 2 rings (SSSR count). The second-order valence-electron chi connectivity index (χ2n) is 4.55. The molecule has 1 unspecified atom stereocenters. The summed E-state index contributed by atoms with van der Waals surface area (Å²) >= 11 is 0. The van der Waals surface area contributed by atoms with Crippen molar-refractivity contribution >= 4 is 5.95 Å². The summed E-state index contributed by atoms with van der Waals surface area (Å²) in [6.45, 7) is 2.32. The zero-order valence-electron chi connectivity index (χ0n) is 9.74. The van der Waals surface area contributed by atoms with E-state index in [1.54, 1.807) is 0 Å². The molecule has 1 atom stereocenters. The second kappa shape index (κ2) is 4.69. The molecule has 1 fully saturated rings. The maximum atomic E-state index is 4.30. The zero-order chi connectivity index (χ0) is 10.7. The molecule has 1 heterocycles. The van der Waals surface area contributed by atoms with Gasteiger partial charge in [-0.1, -0.05) is 19.3 Å². The topological polar surface area (TPSA) is 29.9 Å². The minimum absolute atomic E-state index is 0.579. The van der Waals surface area contributed by atoms with Gasteiger partial charge in [-0.25, -0.2) is 4.98 Å². The number of nitrogens with one attached hydrogen (secondary N) is 1. The van der Waals surface area contributed by atoms with Crippen molar-refractivity contribution < 1.29 is 0 Å². The van der Waals surface area contributed by atoms with E-state index < -0.39 is 0 Å². The Hall–Kier alpha value is -0.990. The SMILES string of the molecule is CNc1nccn1C(C)C1CCCCC1. The van der Waals surface area contributed by atoms with Gasteiger partial charge in [-0.3, -0.25) is 0 Å². The lowest BCUT2D eigenvalue weighted by molar-refractivity contribution is 0.265. The highest BCUT2D eigenvalue weighted by Crippen LogP contribution is 2.33. The van der Waals surface area contributed by atoms with Crippen LogP contribution in [-0.4, -0.2) is 16.6 Å². The fourth-order valence-corrected chi connectivity index (χ4v) is 2.68. The summed E-state index contributed by atoms with van der Waals surface area (Å²) in [5.41, 5.74) is 0. The lowest BCUT2D eigenvalue weighted by atomic mass is 9.84. The molecule has 1 aromatic rings. The van der Waals surface area contributed by atoms with Crippen molar-refractivity contribution in [1.82, 2.24) is 9.55 Å². The first-order valence-electron chi connectivity index (χ1n) is 6.03. The van der Waals surface area contributed by atoms with E-state index in [4.69, 9.17) is 0 Å². The van der Waals surface area contributed by atoms with Crippen LogP contribution < -0.4 is 5.32 Å². The minimum Gasteiger partial charge on any atom is -0.359 e. The van der Waals surface area contributed by atoms with E-state index in [-0.39, 0.29) is 0 Å². The lowest BCUT2D eigenvalue weighted by Crippen LogP contribution is -2.20. The van der Waals surface area contributed by atoms with Crippen molar-refractivity contribution in [1.29, 1.82) is 0 Å². The van der Waals surface area contributed by atoms with Crippen LogP contribution in [0.4, 0.5) is 5.95 Å². The summed E-state index contributed by atoms with van der Waals surface area (Å²) < 4.78 is 2.27. The van der Waals surface area contributed by atoms with Crippen molar-refractivity contribution in [3.8, 4) is 0 Å². The molecule has 1 aliphatic rings. The summed E-state index contributed by atoms with van der Waals surface area (Å²) in [6, 6.07) is 0.579. The highest BCUT2D eigenvalue weighted by atomic mass is 15.2. The Labute approximate surface area is 91.9 Å². The molecule has 0 spiro atoms. The maximum Gasteiger partial charge on any atom is 0.202 e. The average molecular weight is 207 g/mol. The van der Waals surface area contributed by atoms with Crippen molar-refractivity contribution in [3.63, 3.8) is 0 Å². The predicted molar refractivity (Wildman–Crippen MR) is 63.1 cm³/mol. The Kier molecular flexibility index (Phi) is 3.29. The van der Waals surface area contributed by atoms with Crippen LogP contribution >= 0.6 is 0 Å². The fraction of sp³-hybridized carbons (Fsp3) is 0.750. The molecule has 1 aliphatic carbocycles. The number of rotatable bonds is 3. The molecule has 0 bridgehead atoms. The molecular weight excluding hydrogens is 186 g/mol. The molecule has 15 heavy (non-hydrogen) atoms. The smallest absolute Gasteiger partial charge is 0.202 e. The Bertz CT molecular complexity index is 300. The van der Waals surface area contributed by atoms with Crippen LogP contribution in [0.3, 0.4) is 0 Å². The first kappa shape index (κ1) is 10.5. The third kappa shape index (κ3) is 2.16. The van der Waals surface area contributed by atoms with Crippen LogP contribution in [0.25, 0.3) is 0 Å². The van der Waals surface area contributed by atoms with Crippen LogP contribution in [0.1, 0.15) is 45.1 Å². The van der Waals surface area contributed by atoms with E-state index in [1.165, 1.54) is 32.1 Å². The molecule has 3 nitrogen and oxygen atoms in total. The van der Waals surface area contributed by atoms with Gasteiger partial charge in [0.05, 0.1) is 0 Å². The Morgan fingerprint density at radius 1 is 1.40 bits per heavy atom. The zero-order valence-corrected chi connectivity index (χ0v) is 9.74. The maximum absolute atomic E-state index is 4.30. The first-order valence-corrected chi connectivity index (χ1v) is 6.03. The van der Waals surface area contributed by atoms with Crippen molar-refractivity contribution in [3.05, 3.63) is 12.4 Å². The van der Waals surface area contributed by atoms with Crippen LogP contribution in [-0.2, 0) is 0 Å². The summed E-state index contributed by atoms with van der Waals surface area (Å²) in [5, 5.41) is 3.15. The van der Waals surface area contributed by atoms with Gasteiger partial charge in [-0.05, 0) is 25.7 Å². The molecule has 0 aliphatic heterocycles. The average Bonchev–Trinajstić information content (AvgIpc) is 2.77. The van der Waals surface area contributed by atoms with Gasteiger partial charge >= 0.3 is 0 Å². The van der Waals surface area contributed by atoms with Gasteiger partial charge in [0.25, 0.3) is 0 Å². The van der Waals surface area contributed by atoms with Crippen LogP contribution in [0.15, 0.2) is 12.4 Å². The minimum atomic E-state index is 0.579. The van der Waals surface area contributed by atoms with Crippen molar-refractivity contribution in [2.24, 2.45) is 5.92 Å². The van der Waals surface area contributed by atoms with E-state index in [0.717, 1.165) is 11.9 Å². The third-order valence-electron chi connectivity index (χ3n) is 3.66. The second-order valence-corrected chi connectivity index (χ2v) is 4.55. The van der Waals surface area contributed by atoms with Crippen LogP contribution in [0.2, 0.25) is 0 Å². The van der Waals surface area contributed by atoms with Gasteiger partial charge in [0.2, 0.25) is 5.95 Å². The number of aromatic nitrogens is 2. The normalized spacial score (nSPS) is 20.1. The van der Waals surface area contributed by atoms with Gasteiger partial charge in [0.1, 0.15) is 0 Å². The van der Waals surface area contributed by atoms with Crippen molar-refractivity contribution in [2.75, 3.05) is 12.4 Å². The molecule has 84 valence electrons. The number of hydrogen-bond donors (Lipinski definition) is 1. The summed E-state index contributed by atoms with van der Waals surface area (Å²) in [4.78, 5) is 4.30. The molecule has 0 saturated heterocycles. The number of hydrogen-bond acceptors (Lipinski definition) is 2. The van der Waals surface area contributed by atoms with Crippen molar-refractivity contribution in [2.45, 2.75) is 45.1 Å². The monoisotopic (exact) mass is 207 g/mol. The Morgan fingerprint density at radius 2 is 2.13 bits per heavy atom. The standard InChI is InChI=1S/C12H21N3/c1-10(11-6-4-3-5-7-11)15-9-8-14-12(15)13-2/h8-11H,3-7H2,1-2H3,(H,13,14). The molecule has 1 N–H and O–H groups in total. The van der Waals surface area contributed by atoms with E-state index in [2.05, 4.69) is 28.0 Å². The summed E-state index contributed by atoms with van der Waals surface area (Å²) in [7, 11) is 1.94. The largest absolute Gasteiger partial charge is 0.359 e. The summed E-state index contributed by atoms with van der Waals surface area (Å²) in [6.07, 6.45) is 10.9. The molecular formula is C12H21N3. The van der Waals surface area contributed by atoms with Gasteiger partial charge in [0.15, 0.2) is 0 Å². The molecule has 0 amide bonds. The number of nitrogens with zero attached hydrogens (tertiary/aromatic N) is 2. The highest BCUT2D eigenvalue weighted by molar-refractivity contribution is 5.25. The fourth-order valence-electron chi connectivity index (χ4n) is 2.68. The van der Waals surface area contributed by atoms with E-state index >= 15 is 0 Å². The summed E-state index contributed by atoms with van der Waals surface area (Å²) in [5.74, 6) is 1.83. The Balaban J connectivity index is 2.08. The predicted octanol–water partition coefficient (Wildman–Crippen LogP) is 3.07. The van der Waals surface area contributed by atoms with E-state index in [9.17, 15) is 0 Å². The third-order valence-corrected chi connectivity index (χ3v) is 3.66. The quantitative estimate of drug-likeness (QED) is 0.825. The van der Waals surface area contributed by atoms with E-state index in [0.29, 0.717) is 6.04 Å². The number of imidazole rings is 1. The lowest BCUT2D eigenvalue weighted by Gasteiger charge is -2.29. The van der Waals surface area contributed by atoms with Crippen LogP contribution in [0.5, 0.6) is 0 Å². The van der Waals surface area contributed by atoms with Crippen LogP contribution in [0, 0.1) is 5.92 Å². The molecule has 0 aromatic carbocycles.